The zero-order chi connectivity index (χ0) is 20.8. The Hall–Kier alpha value is -2.41. The fourth-order valence-electron chi connectivity index (χ4n) is 2.90. The van der Waals surface area contributed by atoms with E-state index in [1.165, 1.54) is 31.5 Å². The number of carbonyl (C=O) groups excluding carboxylic acids is 3. The lowest BCUT2D eigenvalue weighted by Crippen LogP contribution is -2.43. The summed E-state index contributed by atoms with van der Waals surface area (Å²) in [6.07, 6.45) is 8.86. The van der Waals surface area contributed by atoms with E-state index in [0.29, 0.717) is 12.0 Å². The van der Waals surface area contributed by atoms with Crippen molar-refractivity contribution in [1.82, 2.24) is 10.8 Å². The number of carbonyl (C=O) groups is 3. The first-order chi connectivity index (χ1) is 13.5. The maximum atomic E-state index is 11.7. The van der Waals surface area contributed by atoms with Gasteiger partial charge in [-0.1, -0.05) is 44.2 Å². The van der Waals surface area contributed by atoms with Crippen LogP contribution in [0.2, 0.25) is 0 Å². The molecular formula is C21H32N2O5. The van der Waals surface area contributed by atoms with Crippen molar-refractivity contribution in [2.45, 2.75) is 70.8 Å². The third kappa shape index (κ3) is 9.50. The highest BCUT2D eigenvalue weighted by Crippen LogP contribution is 2.12. The van der Waals surface area contributed by atoms with Crippen molar-refractivity contribution in [3.05, 3.63) is 35.4 Å². The van der Waals surface area contributed by atoms with Crippen LogP contribution in [-0.4, -0.2) is 36.1 Å². The Kier molecular flexibility index (Phi) is 11.6. The Morgan fingerprint density at radius 1 is 0.964 bits per heavy atom. The molecule has 0 saturated heterocycles. The van der Waals surface area contributed by atoms with E-state index in [0.717, 1.165) is 44.9 Å². The number of ether oxygens (including phenoxy) is 1. The molecule has 1 atom stereocenters. The van der Waals surface area contributed by atoms with Gasteiger partial charge < -0.3 is 10.1 Å². The van der Waals surface area contributed by atoms with Gasteiger partial charge in [0.2, 0.25) is 5.91 Å². The number of unbranched alkanes of at least 4 members (excludes halogenated alkanes) is 6. The quantitative estimate of drug-likeness (QED) is 0.207. The molecule has 1 aromatic rings. The number of hydrogen-bond acceptors (Lipinski definition) is 5. The van der Waals surface area contributed by atoms with E-state index in [4.69, 9.17) is 5.21 Å². The number of aryl methyl sites for hydroxylation is 1. The summed E-state index contributed by atoms with van der Waals surface area (Å²) >= 11 is 0. The van der Waals surface area contributed by atoms with Crippen molar-refractivity contribution in [3.63, 3.8) is 0 Å². The van der Waals surface area contributed by atoms with Crippen molar-refractivity contribution >= 4 is 17.8 Å². The van der Waals surface area contributed by atoms with Gasteiger partial charge in [0.15, 0.2) is 0 Å². The molecule has 2 amide bonds. The van der Waals surface area contributed by atoms with Crippen molar-refractivity contribution in [3.8, 4) is 0 Å². The predicted molar refractivity (Wildman–Crippen MR) is 106 cm³/mol. The van der Waals surface area contributed by atoms with Gasteiger partial charge >= 0.3 is 5.97 Å². The SMILES string of the molecule is COC(=O)c1ccc(CCCCCCCCCC(=O)N[C@H](C)C(=O)NO)cc1. The molecule has 0 aliphatic carbocycles. The van der Waals surface area contributed by atoms with Crippen molar-refractivity contribution in [1.29, 1.82) is 0 Å². The van der Waals surface area contributed by atoms with Gasteiger partial charge in [0.1, 0.15) is 6.04 Å². The minimum Gasteiger partial charge on any atom is -0.465 e. The van der Waals surface area contributed by atoms with Crippen LogP contribution >= 0.6 is 0 Å². The molecule has 0 spiro atoms. The third-order valence-corrected chi connectivity index (χ3v) is 4.63. The van der Waals surface area contributed by atoms with Crippen LogP contribution in [0.15, 0.2) is 24.3 Å². The number of methoxy groups -OCH3 is 1. The van der Waals surface area contributed by atoms with Gasteiger partial charge in [0, 0.05) is 6.42 Å². The number of amides is 2. The summed E-state index contributed by atoms with van der Waals surface area (Å²) in [4.78, 5) is 34.1. The standard InChI is InChI=1S/C21H32N2O5/c1-16(20(25)23-27)22-19(24)11-9-7-5-3-4-6-8-10-17-12-14-18(15-13-17)21(26)28-2/h12-16,27H,3-11H2,1-2H3,(H,22,24)(H,23,25)/t16-/m1/s1. The summed E-state index contributed by atoms with van der Waals surface area (Å²) in [5.41, 5.74) is 3.32. The first-order valence-corrected chi connectivity index (χ1v) is 9.88. The minimum atomic E-state index is -0.728. The van der Waals surface area contributed by atoms with E-state index in [1.54, 1.807) is 12.1 Å². The first-order valence-electron chi connectivity index (χ1n) is 9.88. The molecule has 1 rings (SSSR count). The Morgan fingerprint density at radius 3 is 2.11 bits per heavy atom. The average Bonchev–Trinajstić information content (AvgIpc) is 2.71. The highest BCUT2D eigenvalue weighted by Gasteiger charge is 2.13. The van der Waals surface area contributed by atoms with E-state index in [1.807, 2.05) is 12.1 Å². The van der Waals surface area contributed by atoms with Gasteiger partial charge in [-0.05, 0) is 43.9 Å². The van der Waals surface area contributed by atoms with E-state index in [2.05, 4.69) is 10.1 Å². The zero-order valence-corrected chi connectivity index (χ0v) is 16.8. The molecule has 0 unspecified atom stereocenters. The maximum Gasteiger partial charge on any atom is 0.337 e. The molecule has 0 aromatic heterocycles. The first kappa shape index (κ1) is 23.6. The van der Waals surface area contributed by atoms with Crippen LogP contribution in [0.3, 0.4) is 0 Å². The van der Waals surface area contributed by atoms with Crippen molar-refractivity contribution in [2.75, 3.05) is 7.11 Å². The average molecular weight is 392 g/mol. The zero-order valence-electron chi connectivity index (χ0n) is 16.8. The second-order valence-corrected chi connectivity index (χ2v) is 6.93. The fraction of sp³-hybridized carbons (Fsp3) is 0.571. The van der Waals surface area contributed by atoms with Gasteiger partial charge in [-0.25, -0.2) is 10.3 Å². The summed E-state index contributed by atoms with van der Waals surface area (Å²) in [5, 5.41) is 11.0. The van der Waals surface area contributed by atoms with Crippen LogP contribution in [-0.2, 0) is 20.7 Å². The molecule has 0 aliphatic heterocycles. The van der Waals surface area contributed by atoms with Crippen LogP contribution in [0, 0.1) is 0 Å². The molecule has 0 fully saturated rings. The number of hydrogen-bond donors (Lipinski definition) is 3. The summed E-state index contributed by atoms with van der Waals surface area (Å²) in [5.74, 6) is -1.10. The molecule has 28 heavy (non-hydrogen) atoms. The molecule has 156 valence electrons. The molecule has 0 bridgehead atoms. The van der Waals surface area contributed by atoms with Gasteiger partial charge in [-0.15, -0.1) is 0 Å². The predicted octanol–water partition coefficient (Wildman–Crippen LogP) is 3.15. The smallest absolute Gasteiger partial charge is 0.337 e. The Balaban J connectivity index is 2.01. The molecule has 0 radical (unpaired) electrons. The summed E-state index contributed by atoms with van der Waals surface area (Å²) in [7, 11) is 1.38. The van der Waals surface area contributed by atoms with E-state index in [9.17, 15) is 14.4 Å². The fourth-order valence-corrected chi connectivity index (χ4v) is 2.90. The second-order valence-electron chi connectivity index (χ2n) is 6.93. The summed E-state index contributed by atoms with van der Waals surface area (Å²) in [6, 6.07) is 6.82. The Bertz CT molecular complexity index is 616. The van der Waals surface area contributed by atoms with E-state index in [-0.39, 0.29) is 11.9 Å². The monoisotopic (exact) mass is 392 g/mol. The van der Waals surface area contributed by atoms with Gasteiger partial charge in [0.25, 0.3) is 5.91 Å². The normalized spacial score (nSPS) is 11.5. The largest absolute Gasteiger partial charge is 0.465 e. The third-order valence-electron chi connectivity index (χ3n) is 4.63. The molecule has 0 heterocycles. The highest BCUT2D eigenvalue weighted by molar-refractivity contribution is 5.89. The van der Waals surface area contributed by atoms with Crippen LogP contribution < -0.4 is 10.8 Å². The second kappa shape index (κ2) is 13.7. The summed E-state index contributed by atoms with van der Waals surface area (Å²) in [6.45, 7) is 1.52. The number of nitrogens with one attached hydrogen (secondary N) is 2. The molecular weight excluding hydrogens is 360 g/mol. The van der Waals surface area contributed by atoms with Gasteiger partial charge in [0.05, 0.1) is 12.7 Å². The van der Waals surface area contributed by atoms with E-state index < -0.39 is 11.9 Å². The van der Waals surface area contributed by atoms with Crippen molar-refractivity contribution < 1.29 is 24.3 Å². The minimum absolute atomic E-state index is 0.172. The number of benzene rings is 1. The number of esters is 1. The molecule has 0 aliphatic rings. The summed E-state index contributed by atoms with van der Waals surface area (Å²) < 4.78 is 4.69. The van der Waals surface area contributed by atoms with Crippen molar-refractivity contribution in [2.24, 2.45) is 0 Å². The topological polar surface area (TPSA) is 105 Å². The van der Waals surface area contributed by atoms with Crippen LogP contribution in [0.4, 0.5) is 0 Å². The van der Waals surface area contributed by atoms with Crippen LogP contribution in [0.25, 0.3) is 0 Å². The Labute approximate surface area is 166 Å². The maximum absolute atomic E-state index is 11.7. The molecule has 3 N–H and O–H groups in total. The molecule has 7 nitrogen and oxygen atoms in total. The van der Waals surface area contributed by atoms with Crippen LogP contribution in [0.5, 0.6) is 0 Å². The molecule has 0 saturated carbocycles. The van der Waals surface area contributed by atoms with E-state index >= 15 is 0 Å². The van der Waals surface area contributed by atoms with Gasteiger partial charge in [-0.3, -0.25) is 14.8 Å². The molecule has 1 aromatic carbocycles. The highest BCUT2D eigenvalue weighted by atomic mass is 16.5. The van der Waals surface area contributed by atoms with Gasteiger partial charge in [-0.2, -0.15) is 0 Å². The molecule has 7 heteroatoms. The lowest BCUT2D eigenvalue weighted by Gasteiger charge is -2.11. The number of rotatable bonds is 13. The Morgan fingerprint density at radius 2 is 1.54 bits per heavy atom. The number of hydroxylamine groups is 1. The lowest BCUT2D eigenvalue weighted by atomic mass is 10.0. The lowest BCUT2D eigenvalue weighted by molar-refractivity contribution is -0.134. The van der Waals surface area contributed by atoms with Crippen LogP contribution in [0.1, 0.15) is 74.2 Å².